The van der Waals surface area contributed by atoms with Crippen molar-refractivity contribution < 1.29 is 57.1 Å². The Labute approximate surface area is 250 Å². The largest absolute Gasteiger partial charge is 0.513 e. The molecule has 0 atom stereocenters. The van der Waals surface area contributed by atoms with Crippen LogP contribution >= 0.6 is 0 Å². The molecule has 0 aliphatic rings. The van der Waals surface area contributed by atoms with Crippen molar-refractivity contribution in [2.24, 2.45) is 0 Å². The van der Waals surface area contributed by atoms with Gasteiger partial charge < -0.3 is 37.9 Å². The summed E-state index contributed by atoms with van der Waals surface area (Å²) in [5.41, 5.74) is 1.48. The van der Waals surface area contributed by atoms with Crippen LogP contribution in [0.25, 0.3) is 0 Å². The second-order valence-corrected chi connectivity index (χ2v) is 9.04. The molecule has 0 saturated carbocycles. The molecule has 0 saturated heterocycles. The van der Waals surface area contributed by atoms with Crippen LogP contribution in [0.5, 0.6) is 11.5 Å². The van der Waals surface area contributed by atoms with E-state index >= 15 is 0 Å². The van der Waals surface area contributed by atoms with Crippen LogP contribution in [-0.2, 0) is 43.4 Å². The summed E-state index contributed by atoms with van der Waals surface area (Å²) in [6.07, 6.45) is 0.367. The Morgan fingerprint density at radius 1 is 0.558 bits per heavy atom. The lowest BCUT2D eigenvalue weighted by atomic mass is 9.78. The third kappa shape index (κ3) is 13.2. The summed E-state index contributed by atoms with van der Waals surface area (Å²) in [4.78, 5) is 45.7. The van der Waals surface area contributed by atoms with Gasteiger partial charge in [0.05, 0.1) is 26.4 Å². The predicted molar refractivity (Wildman–Crippen MR) is 153 cm³/mol. The molecular formula is C31H36O12. The van der Waals surface area contributed by atoms with Crippen molar-refractivity contribution in [3.63, 3.8) is 0 Å². The Bertz CT molecular complexity index is 1110. The predicted octanol–water partition coefficient (Wildman–Crippen LogP) is 4.53. The minimum Gasteiger partial charge on any atom is -0.460 e. The van der Waals surface area contributed by atoms with Gasteiger partial charge in [-0.25, -0.2) is 19.2 Å². The molecule has 0 amide bonds. The normalized spacial score (nSPS) is 10.7. The van der Waals surface area contributed by atoms with E-state index in [1.807, 2.05) is 38.1 Å². The molecule has 43 heavy (non-hydrogen) atoms. The molecule has 2 rings (SSSR count). The minimum atomic E-state index is -0.873. The van der Waals surface area contributed by atoms with Gasteiger partial charge >= 0.3 is 24.2 Å². The molecule has 0 spiro atoms. The first kappa shape index (κ1) is 34.5. The Balaban J connectivity index is 1.72. The monoisotopic (exact) mass is 600 g/mol. The van der Waals surface area contributed by atoms with Gasteiger partial charge in [0.25, 0.3) is 0 Å². The number of benzene rings is 2. The standard InChI is InChI=1S/C31H36O12/c1-5-27(32)38-19-15-36-17-21-40-29(34)42-25-11-7-23(8-12-25)31(3,4)24-9-13-26(14-10-24)43-30(35)41-22-18-37-16-20-39-28(33)6-2/h5-14H,1-2,15-22H2,3-4H3. The molecule has 0 N–H and O–H groups in total. The lowest BCUT2D eigenvalue weighted by molar-refractivity contribution is -0.140. The van der Waals surface area contributed by atoms with Gasteiger partial charge in [0.2, 0.25) is 0 Å². The van der Waals surface area contributed by atoms with E-state index in [4.69, 9.17) is 37.9 Å². The number of esters is 2. The third-order valence-electron chi connectivity index (χ3n) is 5.73. The van der Waals surface area contributed by atoms with Crippen LogP contribution in [-0.4, -0.2) is 77.1 Å². The molecule has 232 valence electrons. The number of carbonyl (C=O) groups is 4. The van der Waals surface area contributed by atoms with Crippen molar-refractivity contribution in [3.8, 4) is 11.5 Å². The number of hydrogen-bond acceptors (Lipinski definition) is 12. The summed E-state index contributed by atoms with van der Waals surface area (Å²) >= 11 is 0. The zero-order chi connectivity index (χ0) is 31.5. The molecule has 2 aromatic carbocycles. The average Bonchev–Trinajstić information content (AvgIpc) is 3.00. The van der Waals surface area contributed by atoms with Gasteiger partial charge in [-0.1, -0.05) is 51.3 Å². The van der Waals surface area contributed by atoms with E-state index in [-0.39, 0.29) is 52.9 Å². The molecule has 12 heteroatoms. The number of ether oxygens (including phenoxy) is 8. The fraction of sp³-hybridized carbons (Fsp3) is 0.355. The molecular weight excluding hydrogens is 564 g/mol. The number of hydrogen-bond donors (Lipinski definition) is 0. The Morgan fingerprint density at radius 3 is 1.21 bits per heavy atom. The highest BCUT2D eigenvalue weighted by Crippen LogP contribution is 2.33. The molecule has 0 heterocycles. The third-order valence-corrected chi connectivity index (χ3v) is 5.73. The van der Waals surface area contributed by atoms with E-state index in [0.717, 1.165) is 23.3 Å². The van der Waals surface area contributed by atoms with E-state index in [1.165, 1.54) is 0 Å². The smallest absolute Gasteiger partial charge is 0.460 e. The van der Waals surface area contributed by atoms with Crippen molar-refractivity contribution in [2.45, 2.75) is 19.3 Å². The maximum Gasteiger partial charge on any atom is 0.513 e. The highest BCUT2D eigenvalue weighted by molar-refractivity contribution is 5.81. The fourth-order valence-electron chi connectivity index (χ4n) is 3.39. The molecule has 0 radical (unpaired) electrons. The molecule has 0 aliphatic carbocycles. The van der Waals surface area contributed by atoms with Crippen molar-refractivity contribution in [1.29, 1.82) is 0 Å². The SMILES string of the molecule is C=CC(=O)OCCOCCOC(=O)Oc1ccc(C(C)(C)c2ccc(OC(=O)OCCOCCOC(=O)C=C)cc2)cc1. The molecule has 0 bridgehead atoms. The van der Waals surface area contributed by atoms with E-state index in [1.54, 1.807) is 24.3 Å². The van der Waals surface area contributed by atoms with Crippen molar-refractivity contribution in [3.05, 3.63) is 85.0 Å². The lowest BCUT2D eigenvalue weighted by Crippen LogP contribution is -2.19. The quantitative estimate of drug-likeness (QED) is 0.0780. The van der Waals surface area contributed by atoms with Gasteiger partial charge in [-0.3, -0.25) is 0 Å². The van der Waals surface area contributed by atoms with Crippen LogP contribution in [0.4, 0.5) is 9.59 Å². The van der Waals surface area contributed by atoms with E-state index in [2.05, 4.69) is 13.2 Å². The number of carbonyl (C=O) groups excluding carboxylic acids is 4. The van der Waals surface area contributed by atoms with E-state index in [0.29, 0.717) is 11.5 Å². The summed E-state index contributed by atoms with van der Waals surface area (Å²) < 4.78 is 40.2. The van der Waals surface area contributed by atoms with E-state index < -0.39 is 29.7 Å². The van der Waals surface area contributed by atoms with Gasteiger partial charge in [0, 0.05) is 17.6 Å². The van der Waals surface area contributed by atoms with Crippen LogP contribution in [0.1, 0.15) is 25.0 Å². The fourth-order valence-corrected chi connectivity index (χ4v) is 3.39. The first-order valence-electron chi connectivity index (χ1n) is 13.3. The molecule has 0 aliphatic heterocycles. The first-order valence-corrected chi connectivity index (χ1v) is 13.3. The maximum absolute atomic E-state index is 11.9. The zero-order valence-electron chi connectivity index (χ0n) is 24.2. The highest BCUT2D eigenvalue weighted by atomic mass is 16.7. The minimum absolute atomic E-state index is 0.0260. The Hall–Kier alpha value is -4.68. The zero-order valence-corrected chi connectivity index (χ0v) is 24.2. The van der Waals surface area contributed by atoms with Crippen LogP contribution < -0.4 is 9.47 Å². The van der Waals surface area contributed by atoms with Gasteiger partial charge in [0.1, 0.15) is 37.9 Å². The van der Waals surface area contributed by atoms with Gasteiger partial charge in [0.15, 0.2) is 0 Å². The number of rotatable bonds is 18. The van der Waals surface area contributed by atoms with Gasteiger partial charge in [-0.15, -0.1) is 0 Å². The summed E-state index contributed by atoms with van der Waals surface area (Å²) in [5.74, 6) is -0.455. The summed E-state index contributed by atoms with van der Waals surface area (Å²) in [6.45, 7) is 11.3. The second-order valence-electron chi connectivity index (χ2n) is 9.04. The Morgan fingerprint density at radius 2 is 0.884 bits per heavy atom. The van der Waals surface area contributed by atoms with Crippen molar-refractivity contribution in [1.82, 2.24) is 0 Å². The summed E-state index contributed by atoms with van der Waals surface area (Å²) in [7, 11) is 0. The Kier molecular flexibility index (Phi) is 15.0. The summed E-state index contributed by atoms with van der Waals surface area (Å²) in [5, 5.41) is 0. The van der Waals surface area contributed by atoms with Crippen LogP contribution in [0.2, 0.25) is 0 Å². The first-order chi connectivity index (χ1) is 20.6. The molecule has 0 unspecified atom stereocenters. The topological polar surface area (TPSA) is 142 Å². The van der Waals surface area contributed by atoms with Gasteiger partial charge in [-0.05, 0) is 35.4 Å². The molecule has 0 aromatic heterocycles. The lowest BCUT2D eigenvalue weighted by Gasteiger charge is -2.26. The van der Waals surface area contributed by atoms with Crippen molar-refractivity contribution >= 4 is 24.2 Å². The van der Waals surface area contributed by atoms with E-state index in [9.17, 15) is 19.2 Å². The second kappa shape index (κ2) is 18.7. The van der Waals surface area contributed by atoms with Crippen LogP contribution in [0, 0.1) is 0 Å². The van der Waals surface area contributed by atoms with Crippen LogP contribution in [0.3, 0.4) is 0 Å². The van der Waals surface area contributed by atoms with Gasteiger partial charge in [-0.2, -0.15) is 0 Å². The van der Waals surface area contributed by atoms with Crippen molar-refractivity contribution in [2.75, 3.05) is 52.9 Å². The highest BCUT2D eigenvalue weighted by Gasteiger charge is 2.23. The molecule has 0 fully saturated rings. The average molecular weight is 601 g/mol. The molecule has 2 aromatic rings. The summed E-state index contributed by atoms with van der Waals surface area (Å²) in [6, 6.07) is 14.0. The maximum atomic E-state index is 11.9. The van der Waals surface area contributed by atoms with Crippen LogP contribution in [0.15, 0.2) is 73.8 Å². The molecule has 12 nitrogen and oxygen atoms in total.